The molecule has 2 heterocycles. The van der Waals surface area contributed by atoms with Crippen LogP contribution in [0.4, 0.5) is 11.6 Å². The van der Waals surface area contributed by atoms with Crippen LogP contribution in [0.5, 0.6) is 0 Å². The summed E-state index contributed by atoms with van der Waals surface area (Å²) in [5.41, 5.74) is 7.06. The average Bonchev–Trinajstić information content (AvgIpc) is 2.35. The SMILES string of the molecule is Cc1c(N)nc(C(C)(C)C)nc1N1CCCC(C)C1C. The first kappa shape index (κ1) is 15.1. The van der Waals surface area contributed by atoms with Crippen LogP contribution in [0.3, 0.4) is 0 Å². The lowest BCUT2D eigenvalue weighted by Gasteiger charge is -2.40. The fourth-order valence-corrected chi connectivity index (χ4v) is 2.77. The van der Waals surface area contributed by atoms with Gasteiger partial charge in [-0.25, -0.2) is 9.97 Å². The zero-order chi connectivity index (χ0) is 15.1. The summed E-state index contributed by atoms with van der Waals surface area (Å²) in [6, 6.07) is 0.504. The van der Waals surface area contributed by atoms with Crippen molar-refractivity contribution in [3.05, 3.63) is 11.4 Å². The Morgan fingerprint density at radius 3 is 2.45 bits per heavy atom. The number of nitrogen functional groups attached to an aromatic ring is 1. The van der Waals surface area contributed by atoms with Crippen molar-refractivity contribution in [1.82, 2.24) is 9.97 Å². The Labute approximate surface area is 122 Å². The molecule has 0 bridgehead atoms. The van der Waals surface area contributed by atoms with Crippen molar-refractivity contribution in [3.63, 3.8) is 0 Å². The number of nitrogens with two attached hydrogens (primary N) is 1. The van der Waals surface area contributed by atoms with E-state index in [1.54, 1.807) is 0 Å². The molecular formula is C16H28N4. The molecule has 1 aromatic heterocycles. The second-order valence-electron chi connectivity index (χ2n) is 7.18. The van der Waals surface area contributed by atoms with Gasteiger partial charge in [0.1, 0.15) is 17.5 Å². The van der Waals surface area contributed by atoms with Crippen LogP contribution < -0.4 is 10.6 Å². The summed E-state index contributed by atoms with van der Waals surface area (Å²) in [6.45, 7) is 14.1. The molecule has 1 aliphatic heterocycles. The van der Waals surface area contributed by atoms with Crippen LogP contribution in [-0.4, -0.2) is 22.6 Å². The second-order valence-corrected chi connectivity index (χ2v) is 7.18. The maximum absolute atomic E-state index is 6.13. The Hall–Kier alpha value is -1.32. The van der Waals surface area contributed by atoms with Gasteiger partial charge in [-0.2, -0.15) is 0 Å². The summed E-state index contributed by atoms with van der Waals surface area (Å²) < 4.78 is 0. The first-order valence-corrected chi connectivity index (χ1v) is 7.63. The molecule has 4 heteroatoms. The van der Waals surface area contributed by atoms with E-state index in [-0.39, 0.29) is 5.41 Å². The second kappa shape index (κ2) is 5.23. The zero-order valence-corrected chi connectivity index (χ0v) is 13.7. The van der Waals surface area contributed by atoms with Gasteiger partial charge < -0.3 is 10.6 Å². The molecule has 20 heavy (non-hydrogen) atoms. The Morgan fingerprint density at radius 2 is 1.85 bits per heavy atom. The van der Waals surface area contributed by atoms with E-state index < -0.39 is 0 Å². The molecule has 1 saturated heterocycles. The minimum atomic E-state index is -0.0821. The molecule has 0 aliphatic carbocycles. The molecule has 0 spiro atoms. The Kier molecular flexibility index (Phi) is 3.94. The van der Waals surface area contributed by atoms with Crippen LogP contribution in [0.15, 0.2) is 0 Å². The molecule has 2 rings (SSSR count). The smallest absolute Gasteiger partial charge is 0.138 e. The van der Waals surface area contributed by atoms with E-state index in [2.05, 4.69) is 44.5 Å². The van der Waals surface area contributed by atoms with Crippen molar-refractivity contribution in [3.8, 4) is 0 Å². The predicted octanol–water partition coefficient (Wildman–Crippen LogP) is 3.29. The van der Waals surface area contributed by atoms with E-state index in [0.717, 1.165) is 23.8 Å². The molecule has 112 valence electrons. The number of rotatable bonds is 1. The van der Waals surface area contributed by atoms with Gasteiger partial charge in [0.25, 0.3) is 0 Å². The molecule has 0 saturated carbocycles. The van der Waals surface area contributed by atoms with E-state index >= 15 is 0 Å². The number of piperidine rings is 1. The van der Waals surface area contributed by atoms with Crippen molar-refractivity contribution < 1.29 is 0 Å². The lowest BCUT2D eigenvalue weighted by Crippen LogP contribution is -2.43. The van der Waals surface area contributed by atoms with Gasteiger partial charge in [0, 0.05) is 23.6 Å². The minimum absolute atomic E-state index is 0.0821. The number of aromatic nitrogens is 2. The van der Waals surface area contributed by atoms with Crippen LogP contribution in [0.1, 0.15) is 58.8 Å². The highest BCUT2D eigenvalue weighted by molar-refractivity contribution is 5.57. The van der Waals surface area contributed by atoms with Crippen LogP contribution in [0.2, 0.25) is 0 Å². The van der Waals surface area contributed by atoms with E-state index in [4.69, 9.17) is 10.7 Å². The highest BCUT2D eigenvalue weighted by Gasteiger charge is 2.29. The Morgan fingerprint density at radius 1 is 1.20 bits per heavy atom. The zero-order valence-electron chi connectivity index (χ0n) is 13.7. The van der Waals surface area contributed by atoms with E-state index in [1.807, 2.05) is 6.92 Å². The number of nitrogens with zero attached hydrogens (tertiary/aromatic N) is 3. The van der Waals surface area contributed by atoms with Crippen LogP contribution in [0, 0.1) is 12.8 Å². The van der Waals surface area contributed by atoms with E-state index in [0.29, 0.717) is 17.8 Å². The van der Waals surface area contributed by atoms with Gasteiger partial charge in [-0.05, 0) is 32.6 Å². The highest BCUT2D eigenvalue weighted by Crippen LogP contribution is 2.32. The molecule has 2 N–H and O–H groups in total. The van der Waals surface area contributed by atoms with Crippen molar-refractivity contribution in [2.45, 2.75) is 65.8 Å². The maximum Gasteiger partial charge on any atom is 0.138 e. The molecule has 1 fully saturated rings. The summed E-state index contributed by atoms with van der Waals surface area (Å²) >= 11 is 0. The van der Waals surface area contributed by atoms with E-state index in [1.165, 1.54) is 12.8 Å². The molecule has 1 aliphatic rings. The molecule has 2 atom stereocenters. The van der Waals surface area contributed by atoms with Gasteiger partial charge >= 0.3 is 0 Å². The monoisotopic (exact) mass is 276 g/mol. The lowest BCUT2D eigenvalue weighted by atomic mass is 9.91. The van der Waals surface area contributed by atoms with Crippen molar-refractivity contribution in [2.75, 3.05) is 17.2 Å². The molecule has 2 unspecified atom stereocenters. The minimum Gasteiger partial charge on any atom is -0.383 e. The normalized spacial score (nSPS) is 24.0. The highest BCUT2D eigenvalue weighted by atomic mass is 15.2. The molecule has 1 aromatic rings. The molecule has 4 nitrogen and oxygen atoms in total. The summed E-state index contributed by atoms with van der Waals surface area (Å²) in [6.07, 6.45) is 2.52. The largest absolute Gasteiger partial charge is 0.383 e. The van der Waals surface area contributed by atoms with Crippen LogP contribution in [-0.2, 0) is 5.41 Å². The standard InChI is InChI=1S/C16H28N4/c1-10-8-7-9-20(12(10)3)14-11(2)13(17)18-15(19-14)16(4,5)6/h10,12H,7-9H2,1-6H3,(H2,17,18,19). The maximum atomic E-state index is 6.13. The first-order valence-electron chi connectivity index (χ1n) is 7.63. The molecule has 0 radical (unpaired) electrons. The van der Waals surface area contributed by atoms with E-state index in [9.17, 15) is 0 Å². The predicted molar refractivity (Wildman–Crippen MR) is 85.1 cm³/mol. The third-order valence-corrected chi connectivity index (χ3v) is 4.47. The topological polar surface area (TPSA) is 55.0 Å². The summed E-state index contributed by atoms with van der Waals surface area (Å²) in [5, 5.41) is 0. The molecular weight excluding hydrogens is 248 g/mol. The van der Waals surface area contributed by atoms with Gasteiger partial charge in [-0.1, -0.05) is 27.7 Å². The number of hydrogen-bond donors (Lipinski definition) is 1. The van der Waals surface area contributed by atoms with Crippen molar-refractivity contribution in [2.24, 2.45) is 5.92 Å². The fraction of sp³-hybridized carbons (Fsp3) is 0.750. The van der Waals surface area contributed by atoms with Gasteiger partial charge in [-0.3, -0.25) is 0 Å². The average molecular weight is 276 g/mol. The van der Waals surface area contributed by atoms with Crippen molar-refractivity contribution in [1.29, 1.82) is 0 Å². The molecule has 0 aromatic carbocycles. The fourth-order valence-electron chi connectivity index (χ4n) is 2.77. The van der Waals surface area contributed by atoms with Gasteiger partial charge in [-0.15, -0.1) is 0 Å². The summed E-state index contributed by atoms with van der Waals surface area (Å²) in [5.74, 6) is 3.17. The third-order valence-electron chi connectivity index (χ3n) is 4.47. The van der Waals surface area contributed by atoms with Crippen molar-refractivity contribution >= 4 is 11.6 Å². The number of hydrogen-bond acceptors (Lipinski definition) is 4. The summed E-state index contributed by atoms with van der Waals surface area (Å²) in [7, 11) is 0. The van der Waals surface area contributed by atoms with Crippen LogP contribution >= 0.6 is 0 Å². The molecule has 0 amide bonds. The third kappa shape index (κ3) is 2.74. The lowest BCUT2D eigenvalue weighted by molar-refractivity contribution is 0.360. The number of anilines is 2. The Bertz CT molecular complexity index is 490. The van der Waals surface area contributed by atoms with Gasteiger partial charge in [0.2, 0.25) is 0 Å². The first-order chi connectivity index (χ1) is 9.21. The van der Waals surface area contributed by atoms with Gasteiger partial charge in [0.05, 0.1) is 0 Å². The summed E-state index contributed by atoms with van der Waals surface area (Å²) in [4.78, 5) is 11.7. The van der Waals surface area contributed by atoms with Crippen LogP contribution in [0.25, 0.3) is 0 Å². The Balaban J connectivity index is 2.47. The van der Waals surface area contributed by atoms with Gasteiger partial charge in [0.15, 0.2) is 0 Å². The quantitative estimate of drug-likeness (QED) is 0.855.